The van der Waals surface area contributed by atoms with Crippen LogP contribution in [0, 0.1) is 6.92 Å². The molecule has 0 atom stereocenters. The van der Waals surface area contributed by atoms with Crippen LogP contribution in [0.3, 0.4) is 0 Å². The van der Waals surface area contributed by atoms with Crippen LogP contribution in [0.2, 0.25) is 0 Å². The Labute approximate surface area is 133 Å². The van der Waals surface area contributed by atoms with Gasteiger partial charge in [0.25, 0.3) is 0 Å². The van der Waals surface area contributed by atoms with Gasteiger partial charge in [-0.2, -0.15) is 0 Å². The first-order chi connectivity index (χ1) is 10.5. The zero-order valence-electron chi connectivity index (χ0n) is 12.6. The van der Waals surface area contributed by atoms with Gasteiger partial charge in [0.1, 0.15) is 0 Å². The number of nitrogens with zero attached hydrogens (tertiary/aromatic N) is 1. The van der Waals surface area contributed by atoms with Crippen molar-refractivity contribution >= 4 is 39.9 Å². The highest BCUT2D eigenvalue weighted by molar-refractivity contribution is 7.17. The Morgan fingerprint density at radius 2 is 1.91 bits per heavy atom. The normalized spacial score (nSPS) is 10.7. The molecule has 0 aliphatic heterocycles. The summed E-state index contributed by atoms with van der Waals surface area (Å²) in [6.07, 6.45) is 3.28. The summed E-state index contributed by atoms with van der Waals surface area (Å²) >= 11 is 1.18. The summed E-state index contributed by atoms with van der Waals surface area (Å²) in [6.45, 7) is 3.16. The lowest BCUT2D eigenvalue weighted by Gasteiger charge is -1.99. The number of allylic oxidation sites excluding steroid dienone is 1. The Bertz CT molecular complexity index is 717. The highest BCUT2D eigenvalue weighted by Crippen LogP contribution is 2.23. The van der Waals surface area contributed by atoms with Crippen LogP contribution < -0.4 is 10.6 Å². The summed E-state index contributed by atoms with van der Waals surface area (Å²) < 4.78 is 0. The second kappa shape index (κ2) is 7.00. The smallest absolute Gasteiger partial charge is 0.223 e. The van der Waals surface area contributed by atoms with Crippen LogP contribution in [0.25, 0.3) is 6.08 Å². The number of hydrogen-bond acceptors (Lipinski definition) is 5. The molecule has 0 radical (unpaired) electrons. The van der Waals surface area contributed by atoms with E-state index in [9.17, 15) is 9.59 Å². The van der Waals surface area contributed by atoms with Gasteiger partial charge in [0.2, 0.25) is 5.91 Å². The number of benzene rings is 1. The van der Waals surface area contributed by atoms with Crippen LogP contribution >= 0.6 is 11.3 Å². The molecule has 1 aromatic carbocycles. The van der Waals surface area contributed by atoms with Gasteiger partial charge in [0, 0.05) is 19.7 Å². The molecular formula is C16H17N3O2S. The van der Waals surface area contributed by atoms with E-state index in [2.05, 4.69) is 15.6 Å². The molecule has 0 saturated carbocycles. The average Bonchev–Trinajstić information content (AvgIpc) is 2.85. The molecule has 0 fully saturated rings. The maximum absolute atomic E-state index is 12.2. The fourth-order valence-electron chi connectivity index (χ4n) is 1.84. The van der Waals surface area contributed by atoms with Crippen LogP contribution in [0.15, 0.2) is 30.3 Å². The summed E-state index contributed by atoms with van der Waals surface area (Å²) in [6, 6.07) is 7.74. The third-order valence-corrected chi connectivity index (χ3v) is 4.02. The summed E-state index contributed by atoms with van der Waals surface area (Å²) in [7, 11) is 1.85. The Morgan fingerprint density at radius 3 is 2.50 bits per heavy atom. The number of amides is 1. The maximum Gasteiger partial charge on any atom is 0.223 e. The minimum atomic E-state index is -0.201. The summed E-state index contributed by atoms with van der Waals surface area (Å²) in [5, 5.41) is 6.08. The van der Waals surface area contributed by atoms with Gasteiger partial charge in [0.15, 0.2) is 10.9 Å². The molecule has 0 unspecified atom stereocenters. The Balaban J connectivity index is 2.12. The monoisotopic (exact) mass is 315 g/mol. The third-order valence-electron chi connectivity index (χ3n) is 2.93. The summed E-state index contributed by atoms with van der Waals surface area (Å²) in [4.78, 5) is 27.9. The van der Waals surface area contributed by atoms with Gasteiger partial charge in [-0.15, -0.1) is 0 Å². The molecule has 114 valence electrons. The molecule has 2 rings (SSSR count). The van der Waals surface area contributed by atoms with Gasteiger partial charge >= 0.3 is 0 Å². The first-order valence-electron chi connectivity index (χ1n) is 6.75. The topological polar surface area (TPSA) is 71.1 Å². The lowest BCUT2D eigenvalue weighted by Crippen LogP contribution is -2.04. The lowest BCUT2D eigenvalue weighted by atomic mass is 10.1. The molecule has 0 aliphatic rings. The van der Waals surface area contributed by atoms with Gasteiger partial charge in [-0.05, 0) is 30.7 Å². The van der Waals surface area contributed by atoms with E-state index in [0.717, 1.165) is 11.3 Å². The van der Waals surface area contributed by atoms with E-state index in [1.54, 1.807) is 13.0 Å². The molecular weight excluding hydrogens is 298 g/mol. The van der Waals surface area contributed by atoms with Crippen molar-refractivity contribution in [3.8, 4) is 0 Å². The molecule has 2 aromatic rings. The van der Waals surface area contributed by atoms with Crippen molar-refractivity contribution in [1.82, 2.24) is 4.98 Å². The zero-order chi connectivity index (χ0) is 16.1. The second-order valence-corrected chi connectivity index (χ2v) is 5.68. The molecule has 22 heavy (non-hydrogen) atoms. The molecule has 5 nitrogen and oxygen atoms in total. The van der Waals surface area contributed by atoms with E-state index < -0.39 is 0 Å². The van der Waals surface area contributed by atoms with Crippen LogP contribution in [0.1, 0.15) is 27.9 Å². The fourth-order valence-corrected chi connectivity index (χ4v) is 2.77. The molecule has 0 bridgehead atoms. The van der Waals surface area contributed by atoms with E-state index in [-0.39, 0.29) is 11.7 Å². The quantitative estimate of drug-likeness (QED) is 0.655. The lowest BCUT2D eigenvalue weighted by molar-refractivity contribution is -0.114. The van der Waals surface area contributed by atoms with E-state index in [1.165, 1.54) is 24.3 Å². The highest BCUT2D eigenvalue weighted by Gasteiger charge is 2.13. The number of nitrogens with one attached hydrogen (secondary N) is 2. The first-order valence-corrected chi connectivity index (χ1v) is 7.56. The fraction of sp³-hybridized carbons (Fsp3) is 0.188. The van der Waals surface area contributed by atoms with Crippen LogP contribution in [0.4, 0.5) is 10.8 Å². The minimum Gasteiger partial charge on any atom is -0.388 e. The van der Waals surface area contributed by atoms with Crippen molar-refractivity contribution in [3.05, 3.63) is 46.5 Å². The molecule has 2 N–H and O–H groups in total. The molecule has 0 spiro atoms. The summed E-state index contributed by atoms with van der Waals surface area (Å²) in [5.41, 5.74) is 2.58. The van der Waals surface area contributed by atoms with Crippen LogP contribution in [0.5, 0.6) is 0 Å². The molecule has 0 aliphatic carbocycles. The molecule has 0 saturated heterocycles. The number of ketones is 1. The minimum absolute atomic E-state index is 0.121. The molecule has 1 heterocycles. The van der Waals surface area contributed by atoms with E-state index in [4.69, 9.17) is 0 Å². The number of carbonyl (C=O) groups is 2. The zero-order valence-corrected chi connectivity index (χ0v) is 13.5. The van der Waals surface area contributed by atoms with E-state index in [1.807, 2.05) is 31.3 Å². The predicted octanol–water partition coefficient (Wildman–Crippen LogP) is 3.35. The number of thiazole rings is 1. The van der Waals surface area contributed by atoms with Gasteiger partial charge < -0.3 is 10.6 Å². The Morgan fingerprint density at radius 1 is 1.23 bits per heavy atom. The van der Waals surface area contributed by atoms with E-state index in [0.29, 0.717) is 15.7 Å². The van der Waals surface area contributed by atoms with Crippen molar-refractivity contribution in [1.29, 1.82) is 0 Å². The van der Waals surface area contributed by atoms with Crippen LogP contribution in [-0.2, 0) is 4.79 Å². The molecule has 6 heteroatoms. The van der Waals surface area contributed by atoms with Gasteiger partial charge in [-0.1, -0.05) is 29.5 Å². The predicted molar refractivity (Wildman–Crippen MR) is 90.5 cm³/mol. The number of aryl methyl sites for hydroxylation is 1. The molecule has 1 amide bonds. The first kappa shape index (κ1) is 15.9. The molecule has 1 aromatic heterocycles. The number of hydrogen-bond donors (Lipinski definition) is 2. The van der Waals surface area contributed by atoms with Gasteiger partial charge in [-0.3, -0.25) is 9.59 Å². The SMILES string of the molecule is CNc1ccc(C=CC(=O)c2sc(NC(C)=O)nc2C)cc1. The van der Waals surface area contributed by atoms with Crippen molar-refractivity contribution < 1.29 is 9.59 Å². The number of carbonyl (C=O) groups excluding carboxylic acids is 2. The standard InChI is InChI=1S/C16H17N3O2S/c1-10-15(22-16(18-10)19-11(2)20)14(21)9-6-12-4-7-13(17-3)8-5-12/h4-9,17H,1-3H3,(H,18,19,20). The number of aromatic nitrogens is 1. The maximum atomic E-state index is 12.2. The van der Waals surface area contributed by atoms with Gasteiger partial charge in [-0.25, -0.2) is 4.98 Å². The summed E-state index contributed by atoms with van der Waals surface area (Å²) in [5.74, 6) is -0.322. The average molecular weight is 315 g/mol. The van der Waals surface area contributed by atoms with Crippen molar-refractivity contribution in [3.63, 3.8) is 0 Å². The third kappa shape index (κ3) is 4.02. The van der Waals surface area contributed by atoms with Crippen molar-refractivity contribution in [2.75, 3.05) is 17.7 Å². The number of anilines is 2. The Kier molecular flexibility index (Phi) is 5.06. The van der Waals surface area contributed by atoms with Crippen molar-refractivity contribution in [2.24, 2.45) is 0 Å². The largest absolute Gasteiger partial charge is 0.388 e. The Hall–Kier alpha value is -2.47. The second-order valence-electron chi connectivity index (χ2n) is 4.68. The highest BCUT2D eigenvalue weighted by atomic mass is 32.1. The van der Waals surface area contributed by atoms with E-state index >= 15 is 0 Å². The van der Waals surface area contributed by atoms with Crippen LogP contribution in [-0.4, -0.2) is 23.7 Å². The van der Waals surface area contributed by atoms with Gasteiger partial charge in [0.05, 0.1) is 10.6 Å². The number of rotatable bonds is 5. The van der Waals surface area contributed by atoms with Crippen molar-refractivity contribution in [2.45, 2.75) is 13.8 Å².